The van der Waals surface area contributed by atoms with Gasteiger partial charge in [0.25, 0.3) is 0 Å². The van der Waals surface area contributed by atoms with Crippen LogP contribution >= 0.6 is 0 Å². The second kappa shape index (κ2) is 4.95. The molecule has 0 radical (unpaired) electrons. The van der Waals surface area contributed by atoms with Crippen molar-refractivity contribution >= 4 is 11.9 Å². The van der Waals surface area contributed by atoms with E-state index in [-0.39, 0.29) is 6.42 Å². The maximum Gasteiger partial charge on any atom is 0.339 e. The Morgan fingerprint density at radius 1 is 1.41 bits per heavy atom. The van der Waals surface area contributed by atoms with E-state index in [0.29, 0.717) is 11.3 Å². The average molecular weight is 237 g/mol. The molecule has 1 aromatic rings. The number of hydrogen-bond donors (Lipinski definition) is 1. The molecule has 1 heterocycles. The van der Waals surface area contributed by atoms with E-state index in [0.717, 1.165) is 0 Å². The Bertz CT molecular complexity index is 423. The molecule has 0 atom stereocenters. The minimum absolute atomic E-state index is 0.0163. The highest BCUT2D eigenvalue weighted by atomic mass is 16.5. The largest absolute Gasteiger partial charge is 0.481 e. The van der Waals surface area contributed by atoms with E-state index in [1.807, 2.05) is 0 Å². The molecule has 0 aliphatic carbocycles. The summed E-state index contributed by atoms with van der Waals surface area (Å²) in [5.74, 6) is -1.34. The molecule has 92 valence electrons. The van der Waals surface area contributed by atoms with Crippen LogP contribution in [0.1, 0.15) is 36.3 Å². The highest BCUT2D eigenvalue weighted by Gasteiger charge is 2.25. The molecule has 1 N–H and O–H groups in total. The number of aromatic nitrogens is 1. The average Bonchev–Trinajstić information content (AvgIpc) is 2.26. The van der Waals surface area contributed by atoms with Gasteiger partial charge >= 0.3 is 11.9 Å². The molecule has 0 aliphatic rings. The van der Waals surface area contributed by atoms with E-state index in [1.165, 1.54) is 13.3 Å². The summed E-state index contributed by atoms with van der Waals surface area (Å²) in [7, 11) is 1.30. The molecule has 0 saturated carbocycles. The summed E-state index contributed by atoms with van der Waals surface area (Å²) in [5, 5.41) is 8.79. The van der Waals surface area contributed by atoms with Gasteiger partial charge in [0.05, 0.1) is 19.1 Å². The molecule has 17 heavy (non-hydrogen) atoms. The molecule has 0 aliphatic heterocycles. The normalized spacial score (nSPS) is 11.0. The number of esters is 1. The fourth-order valence-corrected chi connectivity index (χ4v) is 1.50. The van der Waals surface area contributed by atoms with Crippen molar-refractivity contribution in [3.8, 4) is 0 Å². The van der Waals surface area contributed by atoms with Crippen molar-refractivity contribution in [1.82, 2.24) is 4.98 Å². The Labute approximate surface area is 99.4 Å². The number of rotatable bonds is 4. The number of nitrogens with zero attached hydrogens (tertiary/aromatic N) is 1. The first-order chi connectivity index (χ1) is 7.86. The smallest absolute Gasteiger partial charge is 0.339 e. The van der Waals surface area contributed by atoms with E-state index in [1.54, 1.807) is 26.0 Å². The highest BCUT2D eigenvalue weighted by molar-refractivity contribution is 5.88. The van der Waals surface area contributed by atoms with Gasteiger partial charge < -0.3 is 9.84 Å². The number of pyridine rings is 1. The lowest BCUT2D eigenvalue weighted by Crippen LogP contribution is -2.23. The molecule has 0 spiro atoms. The molecular formula is C12H15NO4. The molecule has 0 fully saturated rings. The van der Waals surface area contributed by atoms with Crippen LogP contribution in [0.2, 0.25) is 0 Å². The van der Waals surface area contributed by atoms with Gasteiger partial charge in [-0.15, -0.1) is 0 Å². The Morgan fingerprint density at radius 3 is 2.47 bits per heavy atom. The number of carboxylic acid groups (broad SMARTS) is 1. The van der Waals surface area contributed by atoms with Gasteiger partial charge in [-0.3, -0.25) is 9.78 Å². The minimum Gasteiger partial charge on any atom is -0.481 e. The molecule has 0 amide bonds. The standard InChI is InChI=1S/C12H15NO4/c1-12(2,6-10(14)15)9-5-4-8(7-13-9)11(16)17-3/h4-5,7H,6H2,1-3H3,(H,14,15). The summed E-state index contributed by atoms with van der Waals surface area (Å²) in [6.07, 6.45) is 1.38. The number of aliphatic carboxylic acids is 1. The van der Waals surface area contributed by atoms with Crippen LogP contribution in [0, 0.1) is 0 Å². The van der Waals surface area contributed by atoms with Gasteiger partial charge in [0, 0.05) is 17.3 Å². The van der Waals surface area contributed by atoms with E-state index < -0.39 is 17.4 Å². The topological polar surface area (TPSA) is 76.5 Å². The summed E-state index contributed by atoms with van der Waals surface area (Å²) in [6, 6.07) is 3.23. The Morgan fingerprint density at radius 2 is 2.06 bits per heavy atom. The zero-order valence-electron chi connectivity index (χ0n) is 10.1. The third-order valence-electron chi connectivity index (χ3n) is 2.47. The lowest BCUT2D eigenvalue weighted by molar-refractivity contribution is -0.138. The molecular weight excluding hydrogens is 222 g/mol. The number of ether oxygens (including phenoxy) is 1. The third kappa shape index (κ3) is 3.27. The van der Waals surface area contributed by atoms with E-state index in [9.17, 15) is 9.59 Å². The summed E-state index contributed by atoms with van der Waals surface area (Å²) in [6.45, 7) is 3.59. The van der Waals surface area contributed by atoms with Crippen LogP contribution < -0.4 is 0 Å². The van der Waals surface area contributed by atoms with Crippen molar-refractivity contribution in [1.29, 1.82) is 0 Å². The van der Waals surface area contributed by atoms with Crippen LogP contribution in [-0.4, -0.2) is 29.1 Å². The van der Waals surface area contributed by atoms with Crippen LogP contribution in [0.4, 0.5) is 0 Å². The fraction of sp³-hybridized carbons (Fsp3) is 0.417. The van der Waals surface area contributed by atoms with Gasteiger partial charge in [-0.05, 0) is 12.1 Å². The van der Waals surface area contributed by atoms with Gasteiger partial charge in [-0.1, -0.05) is 13.8 Å². The van der Waals surface area contributed by atoms with Gasteiger partial charge in [0.1, 0.15) is 0 Å². The Kier molecular flexibility index (Phi) is 3.83. The predicted molar refractivity (Wildman–Crippen MR) is 60.9 cm³/mol. The monoisotopic (exact) mass is 237 g/mol. The second-order valence-electron chi connectivity index (χ2n) is 4.38. The molecule has 0 saturated heterocycles. The van der Waals surface area contributed by atoms with Crippen LogP contribution in [0.3, 0.4) is 0 Å². The van der Waals surface area contributed by atoms with Crippen molar-refractivity contribution in [2.45, 2.75) is 25.7 Å². The molecule has 1 rings (SSSR count). The molecule has 0 aromatic carbocycles. The maximum absolute atomic E-state index is 11.2. The molecule has 5 nitrogen and oxygen atoms in total. The summed E-state index contributed by atoms with van der Waals surface area (Å²) >= 11 is 0. The third-order valence-corrected chi connectivity index (χ3v) is 2.47. The van der Waals surface area contributed by atoms with Crippen LogP contribution in [0.25, 0.3) is 0 Å². The van der Waals surface area contributed by atoms with E-state index >= 15 is 0 Å². The zero-order chi connectivity index (χ0) is 13.1. The van der Waals surface area contributed by atoms with E-state index in [2.05, 4.69) is 9.72 Å². The number of carbonyl (C=O) groups excluding carboxylic acids is 1. The number of methoxy groups -OCH3 is 1. The quantitative estimate of drug-likeness (QED) is 0.805. The van der Waals surface area contributed by atoms with Gasteiger partial charge in [0.2, 0.25) is 0 Å². The molecule has 5 heteroatoms. The summed E-state index contributed by atoms with van der Waals surface area (Å²) < 4.78 is 4.55. The first-order valence-corrected chi connectivity index (χ1v) is 5.13. The van der Waals surface area contributed by atoms with Crippen LogP contribution in [0.15, 0.2) is 18.3 Å². The summed E-state index contributed by atoms with van der Waals surface area (Å²) in [4.78, 5) is 26.0. The number of carboxylic acids is 1. The minimum atomic E-state index is -0.881. The van der Waals surface area contributed by atoms with Gasteiger partial charge in [0.15, 0.2) is 0 Å². The lowest BCUT2D eigenvalue weighted by Gasteiger charge is -2.21. The van der Waals surface area contributed by atoms with Crippen LogP contribution in [-0.2, 0) is 14.9 Å². The first kappa shape index (κ1) is 13.2. The number of hydrogen-bond acceptors (Lipinski definition) is 4. The zero-order valence-corrected chi connectivity index (χ0v) is 10.1. The van der Waals surface area contributed by atoms with Crippen LogP contribution in [0.5, 0.6) is 0 Å². The summed E-state index contributed by atoms with van der Waals surface area (Å²) in [5.41, 5.74) is 0.412. The second-order valence-corrected chi connectivity index (χ2v) is 4.38. The molecule has 1 aromatic heterocycles. The van der Waals surface area contributed by atoms with Crippen molar-refractivity contribution in [3.63, 3.8) is 0 Å². The SMILES string of the molecule is COC(=O)c1ccc(C(C)(C)CC(=O)O)nc1. The first-order valence-electron chi connectivity index (χ1n) is 5.13. The fourth-order valence-electron chi connectivity index (χ4n) is 1.50. The van der Waals surface area contributed by atoms with Crippen molar-refractivity contribution in [2.24, 2.45) is 0 Å². The maximum atomic E-state index is 11.2. The predicted octanol–water partition coefficient (Wildman–Crippen LogP) is 1.62. The van der Waals surface area contributed by atoms with Gasteiger partial charge in [-0.25, -0.2) is 4.79 Å². The molecule has 0 bridgehead atoms. The van der Waals surface area contributed by atoms with Crippen molar-refractivity contribution in [2.75, 3.05) is 7.11 Å². The Hall–Kier alpha value is -1.91. The van der Waals surface area contributed by atoms with Gasteiger partial charge in [-0.2, -0.15) is 0 Å². The van der Waals surface area contributed by atoms with Crippen molar-refractivity contribution < 1.29 is 19.4 Å². The molecule has 0 unspecified atom stereocenters. The number of carbonyl (C=O) groups is 2. The van der Waals surface area contributed by atoms with Crippen molar-refractivity contribution in [3.05, 3.63) is 29.6 Å². The lowest BCUT2D eigenvalue weighted by atomic mass is 9.85. The highest BCUT2D eigenvalue weighted by Crippen LogP contribution is 2.25. The van der Waals surface area contributed by atoms with E-state index in [4.69, 9.17) is 5.11 Å². The Balaban J connectivity index is 2.94.